The molecule has 0 bridgehead atoms. The van der Waals surface area contributed by atoms with Crippen molar-refractivity contribution in [2.75, 3.05) is 19.6 Å². The van der Waals surface area contributed by atoms with Gasteiger partial charge in [0.1, 0.15) is 11.9 Å². The summed E-state index contributed by atoms with van der Waals surface area (Å²) in [6.45, 7) is 1.00. The van der Waals surface area contributed by atoms with Gasteiger partial charge in [-0.15, -0.1) is 0 Å². The zero-order valence-corrected chi connectivity index (χ0v) is 10.9. The number of hydrogen-bond acceptors (Lipinski definition) is 3. The smallest absolute Gasteiger partial charge is 0.317 e. The van der Waals surface area contributed by atoms with Gasteiger partial charge in [0.2, 0.25) is 0 Å². The predicted octanol–water partition coefficient (Wildman–Crippen LogP) is 0.716. The summed E-state index contributed by atoms with van der Waals surface area (Å²) in [6, 6.07) is 7.61. The van der Waals surface area contributed by atoms with Gasteiger partial charge < -0.3 is 20.1 Å². The van der Waals surface area contributed by atoms with Gasteiger partial charge in [0.15, 0.2) is 0 Å². The fourth-order valence-corrected chi connectivity index (χ4v) is 2.48. The van der Waals surface area contributed by atoms with Crippen molar-refractivity contribution >= 4 is 12.0 Å². The molecule has 1 aromatic rings. The van der Waals surface area contributed by atoms with Gasteiger partial charge in [-0.1, -0.05) is 18.2 Å². The standard InChI is InChI=1S/C14H16N2O4/c17-13(18)10-7-16(8-10)14(19)15-6-11-5-9-3-1-2-4-12(9)20-11/h1-4,10-11H,5-8H2,(H,15,19)(H,17,18). The number of hydrogen-bond donors (Lipinski definition) is 2. The average molecular weight is 276 g/mol. The van der Waals surface area contributed by atoms with E-state index in [4.69, 9.17) is 9.84 Å². The Morgan fingerprint density at radius 1 is 1.35 bits per heavy atom. The molecule has 0 spiro atoms. The molecular weight excluding hydrogens is 260 g/mol. The number of ether oxygens (including phenoxy) is 1. The maximum atomic E-state index is 11.8. The van der Waals surface area contributed by atoms with E-state index < -0.39 is 11.9 Å². The summed E-state index contributed by atoms with van der Waals surface area (Å²) >= 11 is 0. The third-order valence-corrected chi connectivity index (χ3v) is 3.71. The molecule has 1 unspecified atom stereocenters. The van der Waals surface area contributed by atoms with E-state index in [1.54, 1.807) is 0 Å². The molecule has 2 aliphatic heterocycles. The molecule has 1 aromatic carbocycles. The summed E-state index contributed by atoms with van der Waals surface area (Å²) < 4.78 is 5.72. The Balaban J connectivity index is 1.43. The van der Waals surface area contributed by atoms with Crippen LogP contribution < -0.4 is 10.1 Å². The Labute approximate surface area is 116 Å². The van der Waals surface area contributed by atoms with E-state index in [1.807, 2.05) is 24.3 Å². The number of nitrogens with one attached hydrogen (secondary N) is 1. The SMILES string of the molecule is O=C(O)C1CN(C(=O)NCC2Cc3ccccc3O2)C1. The summed E-state index contributed by atoms with van der Waals surface area (Å²) in [5, 5.41) is 11.5. The Hall–Kier alpha value is -2.24. The lowest BCUT2D eigenvalue weighted by Gasteiger charge is -2.36. The van der Waals surface area contributed by atoms with E-state index in [-0.39, 0.29) is 25.2 Å². The predicted molar refractivity (Wildman–Crippen MR) is 70.7 cm³/mol. The summed E-state index contributed by atoms with van der Waals surface area (Å²) in [5.41, 5.74) is 1.15. The van der Waals surface area contributed by atoms with E-state index in [9.17, 15) is 9.59 Å². The Bertz CT molecular complexity index is 515. The number of aliphatic carboxylic acids is 1. The van der Waals surface area contributed by atoms with Crippen molar-refractivity contribution in [3.8, 4) is 5.75 Å². The normalized spacial score (nSPS) is 20.8. The molecular formula is C14H16N2O4. The number of likely N-dealkylation sites (tertiary alicyclic amines) is 1. The Morgan fingerprint density at radius 3 is 2.80 bits per heavy atom. The van der Waals surface area contributed by atoms with Crippen LogP contribution in [0.3, 0.4) is 0 Å². The van der Waals surface area contributed by atoms with Crippen LogP contribution in [-0.4, -0.2) is 47.7 Å². The lowest BCUT2D eigenvalue weighted by Crippen LogP contribution is -2.57. The van der Waals surface area contributed by atoms with E-state index in [2.05, 4.69) is 5.32 Å². The molecule has 1 fully saturated rings. The first kappa shape index (κ1) is 12.8. The number of urea groups is 1. The number of para-hydroxylation sites is 1. The molecule has 6 heteroatoms. The zero-order valence-electron chi connectivity index (χ0n) is 10.9. The van der Waals surface area contributed by atoms with Crippen LogP contribution in [-0.2, 0) is 11.2 Å². The number of fused-ring (bicyclic) bond motifs is 1. The third kappa shape index (κ3) is 2.41. The average Bonchev–Trinajstić information content (AvgIpc) is 2.76. The maximum Gasteiger partial charge on any atom is 0.317 e. The van der Waals surface area contributed by atoms with E-state index >= 15 is 0 Å². The lowest BCUT2D eigenvalue weighted by atomic mass is 10.0. The number of carbonyl (C=O) groups excluding carboxylic acids is 1. The number of carboxylic acid groups (broad SMARTS) is 1. The molecule has 0 saturated carbocycles. The van der Waals surface area contributed by atoms with Crippen LogP contribution >= 0.6 is 0 Å². The topological polar surface area (TPSA) is 78.9 Å². The first-order valence-corrected chi connectivity index (χ1v) is 6.63. The lowest BCUT2D eigenvalue weighted by molar-refractivity contribution is -0.146. The quantitative estimate of drug-likeness (QED) is 0.852. The van der Waals surface area contributed by atoms with Gasteiger partial charge in [-0.05, 0) is 11.6 Å². The molecule has 1 atom stereocenters. The molecule has 6 nitrogen and oxygen atoms in total. The number of carboxylic acids is 1. The highest BCUT2D eigenvalue weighted by atomic mass is 16.5. The molecule has 2 aliphatic rings. The van der Waals surface area contributed by atoms with Crippen LogP contribution in [0, 0.1) is 5.92 Å². The molecule has 2 N–H and O–H groups in total. The summed E-state index contributed by atoms with van der Waals surface area (Å²) in [6.07, 6.45) is 0.738. The third-order valence-electron chi connectivity index (χ3n) is 3.71. The molecule has 3 rings (SSSR count). The van der Waals surface area contributed by atoms with Crippen LogP contribution in [0.2, 0.25) is 0 Å². The van der Waals surface area contributed by atoms with Crippen molar-refractivity contribution < 1.29 is 19.4 Å². The second-order valence-electron chi connectivity index (χ2n) is 5.18. The Kier molecular flexibility index (Phi) is 3.22. The van der Waals surface area contributed by atoms with Crippen molar-refractivity contribution in [3.05, 3.63) is 29.8 Å². The van der Waals surface area contributed by atoms with Gasteiger partial charge in [0.05, 0.1) is 12.5 Å². The summed E-state index contributed by atoms with van der Waals surface area (Å²) in [5.74, 6) is -0.391. The number of carbonyl (C=O) groups is 2. The molecule has 0 radical (unpaired) electrons. The second-order valence-corrected chi connectivity index (χ2v) is 5.18. The van der Waals surface area contributed by atoms with Crippen LogP contribution in [0.1, 0.15) is 5.56 Å². The molecule has 2 heterocycles. The van der Waals surface area contributed by atoms with E-state index in [0.717, 1.165) is 17.7 Å². The summed E-state index contributed by atoms with van der Waals surface area (Å²) in [4.78, 5) is 24.0. The molecule has 0 aliphatic carbocycles. The fraction of sp³-hybridized carbons (Fsp3) is 0.429. The minimum Gasteiger partial charge on any atom is -0.488 e. The van der Waals surface area contributed by atoms with Crippen molar-refractivity contribution in [1.82, 2.24) is 10.2 Å². The second kappa shape index (κ2) is 5.03. The number of benzene rings is 1. The number of rotatable bonds is 3. The van der Waals surface area contributed by atoms with Crippen LogP contribution in [0.5, 0.6) is 5.75 Å². The van der Waals surface area contributed by atoms with Crippen LogP contribution in [0.15, 0.2) is 24.3 Å². The fourth-order valence-electron chi connectivity index (χ4n) is 2.48. The largest absolute Gasteiger partial charge is 0.488 e. The maximum absolute atomic E-state index is 11.8. The number of nitrogens with zero attached hydrogens (tertiary/aromatic N) is 1. The highest BCUT2D eigenvalue weighted by Gasteiger charge is 2.35. The molecule has 106 valence electrons. The van der Waals surface area contributed by atoms with Gasteiger partial charge in [0.25, 0.3) is 0 Å². The van der Waals surface area contributed by atoms with Gasteiger partial charge in [0, 0.05) is 19.5 Å². The first-order chi connectivity index (χ1) is 9.63. The first-order valence-electron chi connectivity index (χ1n) is 6.63. The van der Waals surface area contributed by atoms with Crippen molar-refractivity contribution in [2.24, 2.45) is 5.92 Å². The highest BCUT2D eigenvalue weighted by Crippen LogP contribution is 2.27. The molecule has 2 amide bonds. The zero-order chi connectivity index (χ0) is 14.1. The Morgan fingerprint density at radius 2 is 2.10 bits per heavy atom. The van der Waals surface area contributed by atoms with Crippen molar-refractivity contribution in [1.29, 1.82) is 0 Å². The van der Waals surface area contributed by atoms with Crippen molar-refractivity contribution in [3.63, 3.8) is 0 Å². The molecule has 1 saturated heterocycles. The highest BCUT2D eigenvalue weighted by molar-refractivity contribution is 5.79. The van der Waals surface area contributed by atoms with Crippen molar-refractivity contribution in [2.45, 2.75) is 12.5 Å². The van der Waals surface area contributed by atoms with Crippen LogP contribution in [0.25, 0.3) is 0 Å². The van der Waals surface area contributed by atoms with Gasteiger partial charge in [-0.25, -0.2) is 4.79 Å². The molecule has 20 heavy (non-hydrogen) atoms. The van der Waals surface area contributed by atoms with Gasteiger partial charge >= 0.3 is 12.0 Å². The van der Waals surface area contributed by atoms with Crippen LogP contribution in [0.4, 0.5) is 4.79 Å². The van der Waals surface area contributed by atoms with E-state index in [1.165, 1.54) is 4.90 Å². The van der Waals surface area contributed by atoms with Gasteiger partial charge in [-0.3, -0.25) is 4.79 Å². The number of amides is 2. The van der Waals surface area contributed by atoms with Gasteiger partial charge in [-0.2, -0.15) is 0 Å². The monoisotopic (exact) mass is 276 g/mol. The minimum atomic E-state index is -0.844. The molecule has 0 aromatic heterocycles. The minimum absolute atomic E-state index is 0.0482. The summed E-state index contributed by atoms with van der Waals surface area (Å²) in [7, 11) is 0. The van der Waals surface area contributed by atoms with E-state index in [0.29, 0.717) is 6.54 Å².